The molecule has 308 valence electrons. The second-order valence-corrected chi connectivity index (χ2v) is 18.0. The molecule has 0 N–H and O–H groups in total. The quantitative estimate of drug-likeness (QED) is 0.167. The first-order valence-corrected chi connectivity index (χ1v) is 22.5. The highest BCUT2D eigenvalue weighted by Gasteiger charge is 2.46. The fourth-order valence-electron chi connectivity index (χ4n) is 10.9. The molecule has 10 aromatic rings. The molecule has 0 fully saturated rings. The third-order valence-corrected chi connectivity index (χ3v) is 14.0. The Kier molecular flexibility index (Phi) is 8.31. The monoisotopic (exact) mass is 833 g/mol. The van der Waals surface area contributed by atoms with Gasteiger partial charge >= 0.3 is 0 Å². The highest BCUT2D eigenvalue weighted by molar-refractivity contribution is 6.10. The topological polar surface area (TPSA) is 46.8 Å². The van der Waals surface area contributed by atoms with E-state index in [4.69, 9.17) is 15.0 Å². The number of aromatic nitrogens is 4. The van der Waals surface area contributed by atoms with Crippen LogP contribution in [0.3, 0.4) is 0 Å². The molecule has 5 nitrogen and oxygen atoms in total. The van der Waals surface area contributed by atoms with Crippen LogP contribution in [0.25, 0.3) is 78.4 Å². The van der Waals surface area contributed by atoms with Gasteiger partial charge in [-0.1, -0.05) is 178 Å². The van der Waals surface area contributed by atoms with Gasteiger partial charge in [0.25, 0.3) is 0 Å². The van der Waals surface area contributed by atoms with Gasteiger partial charge in [0, 0.05) is 55.9 Å². The van der Waals surface area contributed by atoms with Crippen molar-refractivity contribution in [3.05, 3.63) is 235 Å². The Morgan fingerprint density at radius 1 is 0.446 bits per heavy atom. The van der Waals surface area contributed by atoms with E-state index in [9.17, 15) is 0 Å². The van der Waals surface area contributed by atoms with Crippen molar-refractivity contribution in [3.63, 3.8) is 0 Å². The summed E-state index contributed by atoms with van der Waals surface area (Å²) in [7, 11) is 0. The fraction of sp³-hybridized carbons (Fsp3) is 0.0833. The maximum Gasteiger partial charge on any atom is 0.164 e. The van der Waals surface area contributed by atoms with Crippen LogP contribution >= 0.6 is 0 Å². The van der Waals surface area contributed by atoms with Crippen LogP contribution in [0.5, 0.6) is 0 Å². The summed E-state index contributed by atoms with van der Waals surface area (Å²) >= 11 is 0. The number of hydrogen-bond acceptors (Lipinski definition) is 4. The summed E-state index contributed by atoms with van der Waals surface area (Å²) in [5.74, 6) is 2.10. The molecule has 0 spiro atoms. The Bertz CT molecular complexity index is 3530. The maximum absolute atomic E-state index is 5.14. The zero-order chi connectivity index (χ0) is 43.2. The molecule has 2 atom stereocenters. The summed E-state index contributed by atoms with van der Waals surface area (Å²) in [5.41, 5.74) is 17.8. The van der Waals surface area contributed by atoms with Crippen molar-refractivity contribution in [2.45, 2.75) is 31.2 Å². The predicted octanol–water partition coefficient (Wildman–Crippen LogP) is 14.6. The van der Waals surface area contributed by atoms with Crippen molar-refractivity contribution in [1.29, 1.82) is 0 Å². The van der Waals surface area contributed by atoms with Gasteiger partial charge in [-0.25, -0.2) is 15.0 Å². The molecule has 2 aliphatic carbocycles. The van der Waals surface area contributed by atoms with Gasteiger partial charge in [-0.05, 0) is 87.5 Å². The zero-order valence-corrected chi connectivity index (χ0v) is 36.1. The van der Waals surface area contributed by atoms with Crippen LogP contribution in [-0.4, -0.2) is 25.6 Å². The third-order valence-electron chi connectivity index (χ3n) is 14.0. The van der Waals surface area contributed by atoms with Gasteiger partial charge in [-0.3, -0.25) is 0 Å². The van der Waals surface area contributed by atoms with E-state index in [2.05, 4.69) is 199 Å². The molecule has 3 heterocycles. The van der Waals surface area contributed by atoms with E-state index in [1.807, 2.05) is 36.4 Å². The molecule has 0 bridgehead atoms. The average molecular weight is 834 g/mol. The fourth-order valence-corrected chi connectivity index (χ4v) is 10.9. The van der Waals surface area contributed by atoms with Gasteiger partial charge in [0.15, 0.2) is 17.5 Å². The molecule has 5 heteroatoms. The minimum atomic E-state index is -0.123. The predicted molar refractivity (Wildman–Crippen MR) is 267 cm³/mol. The van der Waals surface area contributed by atoms with Crippen LogP contribution in [-0.2, 0) is 5.41 Å². The minimum Gasteiger partial charge on any atom is -0.333 e. The summed E-state index contributed by atoms with van der Waals surface area (Å²) in [4.78, 5) is 17.8. The summed E-state index contributed by atoms with van der Waals surface area (Å²) in [5, 5.41) is 2.49. The third kappa shape index (κ3) is 5.89. The number of rotatable bonds is 6. The number of fused-ring (bicyclic) bond motifs is 9. The Balaban J connectivity index is 0.981. The van der Waals surface area contributed by atoms with Crippen molar-refractivity contribution in [1.82, 2.24) is 19.5 Å². The molecule has 0 radical (unpaired) electrons. The summed E-state index contributed by atoms with van der Waals surface area (Å²) in [6.07, 6.45) is 5.13. The second-order valence-electron chi connectivity index (χ2n) is 18.0. The number of allylic oxidation sites excluding steroid dienone is 2. The van der Waals surface area contributed by atoms with Crippen molar-refractivity contribution in [2.75, 3.05) is 4.90 Å². The van der Waals surface area contributed by atoms with E-state index in [-0.39, 0.29) is 17.4 Å². The molecule has 3 aliphatic rings. The number of hydrogen-bond donors (Lipinski definition) is 0. The number of nitrogens with zero attached hydrogens (tertiary/aromatic N) is 5. The van der Waals surface area contributed by atoms with Crippen LogP contribution in [0.15, 0.2) is 218 Å². The van der Waals surface area contributed by atoms with Crippen molar-refractivity contribution in [2.24, 2.45) is 0 Å². The molecular weight excluding hydrogens is 791 g/mol. The van der Waals surface area contributed by atoms with Gasteiger partial charge in [-0.2, -0.15) is 0 Å². The molecule has 0 saturated heterocycles. The molecule has 13 rings (SSSR count). The van der Waals surface area contributed by atoms with Crippen LogP contribution in [0.1, 0.15) is 36.5 Å². The van der Waals surface area contributed by atoms with Crippen LogP contribution in [0, 0.1) is 0 Å². The standard InChI is InChI=1S/C60H43N5/c1-60(2)51-27-14-12-25-45(51)48-36-50-47-31-29-41(40-30-32-54-49(34-40)46-26-13-15-28-53(46)64(54)43-22-10-5-11-23-43)35-55(47)65(56(50)37-52(48)60)44-24-16-21-42(33-44)59-62-57(38-17-6-3-7-18-38)61-58(63-59)39-19-8-4-9-20-39/h3-37,50,56H,1-2H3. The van der Waals surface area contributed by atoms with Gasteiger partial charge in [-0.15, -0.1) is 0 Å². The Labute approximate surface area is 378 Å². The number of para-hydroxylation sites is 2. The Hall–Kier alpha value is -8.15. The van der Waals surface area contributed by atoms with E-state index in [0.717, 1.165) is 28.1 Å². The molecular formula is C60H43N5. The molecule has 0 saturated carbocycles. The van der Waals surface area contributed by atoms with E-state index >= 15 is 0 Å². The lowest BCUT2D eigenvalue weighted by molar-refractivity contribution is 0.639. The summed E-state index contributed by atoms with van der Waals surface area (Å²) < 4.78 is 2.38. The van der Waals surface area contributed by atoms with E-state index in [1.165, 1.54) is 66.5 Å². The number of benzene rings is 8. The first-order chi connectivity index (χ1) is 32.0. The second kappa shape index (κ2) is 14.4. The van der Waals surface area contributed by atoms with Crippen molar-refractivity contribution >= 4 is 38.8 Å². The van der Waals surface area contributed by atoms with Gasteiger partial charge in [0.05, 0.1) is 17.1 Å². The highest BCUT2D eigenvalue weighted by atomic mass is 15.2. The average Bonchev–Trinajstić information content (AvgIpc) is 3.96. The maximum atomic E-state index is 5.14. The molecule has 1 aliphatic heterocycles. The lowest BCUT2D eigenvalue weighted by Crippen LogP contribution is -2.31. The van der Waals surface area contributed by atoms with E-state index in [1.54, 1.807) is 0 Å². The van der Waals surface area contributed by atoms with E-state index in [0.29, 0.717) is 17.5 Å². The lowest BCUT2D eigenvalue weighted by atomic mass is 9.77. The Morgan fingerprint density at radius 3 is 1.78 bits per heavy atom. The van der Waals surface area contributed by atoms with Crippen LogP contribution in [0.2, 0.25) is 0 Å². The molecule has 8 aromatic carbocycles. The first-order valence-electron chi connectivity index (χ1n) is 22.5. The Morgan fingerprint density at radius 2 is 1.03 bits per heavy atom. The van der Waals surface area contributed by atoms with E-state index < -0.39 is 0 Å². The molecule has 65 heavy (non-hydrogen) atoms. The molecule has 0 amide bonds. The highest BCUT2D eigenvalue weighted by Crippen LogP contribution is 2.58. The van der Waals surface area contributed by atoms with Crippen molar-refractivity contribution < 1.29 is 0 Å². The lowest BCUT2D eigenvalue weighted by Gasteiger charge is -2.33. The largest absolute Gasteiger partial charge is 0.333 e. The molecule has 2 aromatic heterocycles. The first kappa shape index (κ1) is 37.4. The number of anilines is 2. The van der Waals surface area contributed by atoms with Gasteiger partial charge in [0.1, 0.15) is 0 Å². The summed E-state index contributed by atoms with van der Waals surface area (Å²) in [6.45, 7) is 4.76. The SMILES string of the molecule is CC1(C)C2=CC3C(C=C2c2ccccc21)c1ccc(-c2ccc4c(c2)c2ccccc2n4-c2ccccc2)cc1N3c1cccc(-c2nc(-c3ccccc3)nc(-c3ccccc3)n2)c1. The van der Waals surface area contributed by atoms with Gasteiger partial charge < -0.3 is 9.47 Å². The van der Waals surface area contributed by atoms with Crippen LogP contribution in [0.4, 0.5) is 11.4 Å². The normalized spacial score (nSPS) is 16.7. The molecule has 2 unspecified atom stereocenters. The minimum absolute atomic E-state index is 0.0623. The summed E-state index contributed by atoms with van der Waals surface area (Å²) in [6, 6.07) is 71.8. The van der Waals surface area contributed by atoms with Gasteiger partial charge in [0.2, 0.25) is 0 Å². The van der Waals surface area contributed by atoms with Crippen LogP contribution < -0.4 is 4.90 Å². The van der Waals surface area contributed by atoms with Crippen molar-refractivity contribution in [3.8, 4) is 51.0 Å². The smallest absolute Gasteiger partial charge is 0.164 e. The zero-order valence-electron chi connectivity index (χ0n) is 36.1.